The van der Waals surface area contributed by atoms with Crippen LogP contribution in [0.25, 0.3) is 0 Å². The number of carbonyl (C=O) groups excluding carboxylic acids is 3. The number of aliphatic hydroxyl groups excluding tert-OH is 1. The van der Waals surface area contributed by atoms with Crippen LogP contribution in [0.3, 0.4) is 0 Å². The Balaban J connectivity index is 2.10. The average Bonchev–Trinajstić information content (AvgIpc) is 2.86. The Morgan fingerprint density at radius 2 is 1.45 bits per heavy atom. The van der Waals surface area contributed by atoms with Crippen molar-refractivity contribution in [2.24, 2.45) is 10.8 Å². The van der Waals surface area contributed by atoms with Crippen molar-refractivity contribution in [2.75, 3.05) is 19.7 Å². The number of amides is 1. The van der Waals surface area contributed by atoms with E-state index in [9.17, 15) is 19.5 Å². The molecule has 1 unspecified atom stereocenters. The summed E-state index contributed by atoms with van der Waals surface area (Å²) in [6, 6.07) is 12.0. The average molecular weight is 577 g/mol. The van der Waals surface area contributed by atoms with Gasteiger partial charge in [-0.3, -0.25) is 14.4 Å². The van der Waals surface area contributed by atoms with E-state index in [4.69, 9.17) is 25.8 Å². The maximum absolute atomic E-state index is 12.7. The summed E-state index contributed by atoms with van der Waals surface area (Å²) in [5.41, 5.74) is -1.99. The van der Waals surface area contributed by atoms with Gasteiger partial charge in [-0.2, -0.15) is 0 Å². The molecule has 9 nitrogen and oxygen atoms in total. The third kappa shape index (κ3) is 10.1. The van der Waals surface area contributed by atoms with Gasteiger partial charge < -0.3 is 30.0 Å². The topological polar surface area (TPSA) is 123 Å². The number of ether oxygens (including phenoxy) is 3. The Bertz CT molecular complexity index is 1190. The maximum atomic E-state index is 12.7. The third-order valence-electron chi connectivity index (χ3n) is 5.69. The minimum Gasteiger partial charge on any atom is -0.484 e. The van der Waals surface area contributed by atoms with Gasteiger partial charge in [0.2, 0.25) is 0 Å². The molecule has 0 aromatic heterocycles. The van der Waals surface area contributed by atoms with Crippen LogP contribution in [0.2, 0.25) is 5.02 Å². The lowest BCUT2D eigenvalue weighted by Crippen LogP contribution is -2.50. The van der Waals surface area contributed by atoms with Crippen LogP contribution < -0.4 is 24.8 Å². The number of halogens is 1. The largest absolute Gasteiger partial charge is 0.484 e. The zero-order valence-electron chi connectivity index (χ0n) is 24.5. The molecule has 0 fully saturated rings. The van der Waals surface area contributed by atoms with Gasteiger partial charge in [0, 0.05) is 24.2 Å². The molecular weight excluding hydrogens is 536 g/mol. The highest BCUT2D eigenvalue weighted by Gasteiger charge is 2.31. The fraction of sp³-hybridized carbons (Fsp3) is 0.500. The van der Waals surface area contributed by atoms with Crippen LogP contribution >= 0.6 is 11.6 Å². The summed E-state index contributed by atoms with van der Waals surface area (Å²) in [5, 5.41) is 16.9. The lowest BCUT2D eigenvalue weighted by atomic mass is 9.97. The van der Waals surface area contributed by atoms with Crippen molar-refractivity contribution in [3.8, 4) is 17.2 Å². The number of nitrogens with one attached hydrogen (secondary N) is 2. The SMILES string of the molecule is CC(C)(CNC(=O)COc1ccccc1)NCC(O)c1ccc(OC(=O)C(C)(C)C)c(OC(=O)C(C)(C)C)c1Cl. The van der Waals surface area contributed by atoms with Gasteiger partial charge in [-0.05, 0) is 73.6 Å². The molecule has 10 heteroatoms. The molecule has 0 aliphatic carbocycles. The van der Waals surface area contributed by atoms with E-state index in [0.29, 0.717) is 5.75 Å². The molecule has 2 aromatic carbocycles. The van der Waals surface area contributed by atoms with Gasteiger partial charge >= 0.3 is 11.9 Å². The van der Waals surface area contributed by atoms with Gasteiger partial charge in [-0.25, -0.2) is 0 Å². The van der Waals surface area contributed by atoms with E-state index in [1.54, 1.807) is 53.7 Å². The predicted molar refractivity (Wildman–Crippen MR) is 154 cm³/mol. The molecular formula is C30H41ClN2O7. The Morgan fingerprint density at radius 3 is 2.02 bits per heavy atom. The first kappa shape index (κ1) is 33.1. The first-order valence-electron chi connectivity index (χ1n) is 13.1. The quantitative estimate of drug-likeness (QED) is 0.256. The van der Waals surface area contributed by atoms with Gasteiger partial charge in [0.05, 0.1) is 22.0 Å². The highest BCUT2D eigenvalue weighted by molar-refractivity contribution is 6.33. The van der Waals surface area contributed by atoms with Crippen molar-refractivity contribution < 1.29 is 33.7 Å². The second-order valence-electron chi connectivity index (χ2n) is 12.2. The Hall–Kier alpha value is -3.14. The first-order chi connectivity index (χ1) is 18.4. The normalized spacial score (nSPS) is 12.8. The molecule has 3 N–H and O–H groups in total. The summed E-state index contributed by atoms with van der Waals surface area (Å²) >= 11 is 6.61. The van der Waals surface area contributed by atoms with Crippen LogP contribution in [0, 0.1) is 10.8 Å². The Labute approximate surface area is 241 Å². The molecule has 2 aromatic rings. The number of esters is 2. The number of β-amino-alcohol motifs (C(OH)–C–C–N with tert-alkyl or cyclic N) is 1. The molecule has 0 spiro atoms. The van der Waals surface area contributed by atoms with Crippen molar-refractivity contribution in [1.82, 2.24) is 10.6 Å². The van der Waals surface area contributed by atoms with Crippen LogP contribution in [0.5, 0.6) is 17.2 Å². The molecule has 1 amide bonds. The molecule has 40 heavy (non-hydrogen) atoms. The van der Waals surface area contributed by atoms with E-state index in [2.05, 4.69) is 10.6 Å². The van der Waals surface area contributed by atoms with E-state index in [0.717, 1.165) is 0 Å². The number of rotatable bonds is 11. The molecule has 0 radical (unpaired) electrons. The van der Waals surface area contributed by atoms with Crippen molar-refractivity contribution in [3.05, 3.63) is 53.1 Å². The van der Waals surface area contributed by atoms with E-state index in [1.165, 1.54) is 12.1 Å². The Kier molecular flexibility index (Phi) is 11.1. The third-order valence-corrected chi connectivity index (χ3v) is 6.08. The van der Waals surface area contributed by atoms with Gasteiger partial charge in [0.25, 0.3) is 5.91 Å². The molecule has 2 rings (SSSR count). The van der Waals surface area contributed by atoms with Crippen LogP contribution in [0.1, 0.15) is 67.1 Å². The number of benzene rings is 2. The number of para-hydroxylation sites is 1. The van der Waals surface area contributed by atoms with E-state index < -0.39 is 34.4 Å². The second kappa shape index (κ2) is 13.5. The van der Waals surface area contributed by atoms with Gasteiger partial charge in [0.1, 0.15) is 5.75 Å². The first-order valence-corrected chi connectivity index (χ1v) is 13.4. The minimum atomic E-state index is -1.11. The predicted octanol–water partition coefficient (Wildman–Crippen LogP) is 4.84. The lowest BCUT2D eigenvalue weighted by Gasteiger charge is -2.29. The highest BCUT2D eigenvalue weighted by Crippen LogP contribution is 2.41. The summed E-state index contributed by atoms with van der Waals surface area (Å²) in [5.74, 6) is -0.965. The molecule has 220 valence electrons. The number of hydrogen-bond donors (Lipinski definition) is 3. The number of hydrogen-bond acceptors (Lipinski definition) is 8. The molecule has 0 saturated carbocycles. The van der Waals surface area contributed by atoms with E-state index in [1.807, 2.05) is 32.0 Å². The number of carbonyl (C=O) groups is 3. The van der Waals surface area contributed by atoms with E-state index >= 15 is 0 Å². The lowest BCUT2D eigenvalue weighted by molar-refractivity contribution is -0.145. The minimum absolute atomic E-state index is 0.0211. The summed E-state index contributed by atoms with van der Waals surface area (Å²) in [7, 11) is 0. The van der Waals surface area contributed by atoms with Crippen LogP contribution in [0.4, 0.5) is 0 Å². The van der Waals surface area contributed by atoms with Crippen LogP contribution in [-0.4, -0.2) is 48.2 Å². The van der Waals surface area contributed by atoms with E-state index in [-0.39, 0.29) is 47.7 Å². The van der Waals surface area contributed by atoms with Crippen molar-refractivity contribution in [1.29, 1.82) is 0 Å². The van der Waals surface area contributed by atoms with Gasteiger partial charge in [-0.1, -0.05) is 35.9 Å². The van der Waals surface area contributed by atoms with Gasteiger partial charge in [0.15, 0.2) is 18.1 Å². The van der Waals surface area contributed by atoms with Crippen LogP contribution in [-0.2, 0) is 14.4 Å². The highest BCUT2D eigenvalue weighted by atomic mass is 35.5. The fourth-order valence-corrected chi connectivity index (χ4v) is 3.39. The molecule has 0 aliphatic heterocycles. The van der Waals surface area contributed by atoms with Crippen LogP contribution in [0.15, 0.2) is 42.5 Å². The summed E-state index contributed by atoms with van der Waals surface area (Å²) in [4.78, 5) is 37.4. The molecule has 0 saturated heterocycles. The monoisotopic (exact) mass is 576 g/mol. The maximum Gasteiger partial charge on any atom is 0.316 e. The van der Waals surface area contributed by atoms with Crippen molar-refractivity contribution in [2.45, 2.75) is 67.0 Å². The zero-order valence-corrected chi connectivity index (χ0v) is 25.3. The standard InChI is InChI=1S/C30H41ClN2O7/c1-28(2,3)26(36)39-22-15-14-20(24(31)25(22)40-27(37)29(4,5)6)21(34)16-33-30(7,8)18-32-23(35)17-38-19-12-10-9-11-13-19/h9-15,21,33-34H,16-18H2,1-8H3,(H,32,35). The number of aliphatic hydroxyl groups is 1. The van der Waals surface area contributed by atoms with Crippen molar-refractivity contribution in [3.63, 3.8) is 0 Å². The fourth-order valence-electron chi connectivity index (χ4n) is 3.07. The Morgan fingerprint density at radius 1 is 0.875 bits per heavy atom. The summed E-state index contributed by atoms with van der Waals surface area (Å²) in [6.45, 7) is 14.1. The molecule has 0 heterocycles. The summed E-state index contributed by atoms with van der Waals surface area (Å²) < 4.78 is 16.5. The van der Waals surface area contributed by atoms with Gasteiger partial charge in [-0.15, -0.1) is 0 Å². The molecule has 0 aliphatic rings. The second-order valence-corrected chi connectivity index (χ2v) is 12.6. The summed E-state index contributed by atoms with van der Waals surface area (Å²) in [6.07, 6.45) is -1.11. The smallest absolute Gasteiger partial charge is 0.316 e. The molecule has 1 atom stereocenters. The van der Waals surface area contributed by atoms with Crippen molar-refractivity contribution >= 4 is 29.4 Å². The zero-order chi connectivity index (χ0) is 30.3. The molecule has 0 bridgehead atoms.